The summed E-state index contributed by atoms with van der Waals surface area (Å²) in [6.45, 7) is 0. The average Bonchev–Trinajstić information content (AvgIpc) is 1.82. The molecule has 0 rings (SSSR count). The molecule has 1 atom stereocenters. The zero-order chi connectivity index (χ0) is 10.9. The summed E-state index contributed by atoms with van der Waals surface area (Å²) in [5, 5.41) is -4.93. The molecule has 0 amide bonds. The second-order valence-electron chi connectivity index (χ2n) is 1.82. The molecule has 0 aromatic rings. The van der Waals surface area contributed by atoms with Crippen LogP contribution in [0.4, 0.5) is 22.0 Å². The van der Waals surface area contributed by atoms with Gasteiger partial charge in [-0.25, -0.2) is 4.79 Å². The smallest absolute Gasteiger partial charge is 0.211 e. The normalized spacial score (nSPS) is 17.5. The zero-order valence-corrected chi connectivity index (χ0v) is 7.01. The largest absolute Gasteiger partial charge is 0.436 e. The van der Waals surface area contributed by atoms with E-state index in [1.165, 1.54) is 0 Å². The van der Waals surface area contributed by atoms with E-state index in [1.807, 2.05) is 0 Å². The van der Waals surface area contributed by atoms with Crippen molar-refractivity contribution >= 4 is 29.3 Å². The second-order valence-corrected chi connectivity index (χ2v) is 2.84. The summed E-state index contributed by atoms with van der Waals surface area (Å²) in [4.78, 5) is 6.73. The Hall–Kier alpha value is -0.390. The molecule has 0 aromatic carbocycles. The minimum atomic E-state index is -5.66. The van der Waals surface area contributed by atoms with Crippen LogP contribution in [-0.4, -0.2) is 22.6 Å². The molecule has 0 radical (unpaired) electrons. The van der Waals surface area contributed by atoms with Crippen LogP contribution in [0.3, 0.4) is 0 Å². The maximum atomic E-state index is 12.1. The van der Waals surface area contributed by atoms with Crippen molar-refractivity contribution in [3.05, 3.63) is 0 Å². The molecule has 0 aliphatic rings. The molecule has 0 saturated heterocycles. The van der Waals surface area contributed by atoms with Gasteiger partial charge >= 0.3 is 16.6 Å². The Morgan fingerprint density at radius 2 is 1.46 bits per heavy atom. The Labute approximate surface area is 78.3 Å². The fourth-order valence-corrected chi connectivity index (χ4v) is 0.534. The monoisotopic (exact) mass is 243 g/mol. The number of aliphatic imine (C=N–C) groups is 1. The minimum Gasteiger partial charge on any atom is -0.211 e. The fourth-order valence-electron chi connectivity index (χ4n) is 0.350. The van der Waals surface area contributed by atoms with Gasteiger partial charge in [0.05, 0.1) is 0 Å². The first-order valence-corrected chi connectivity index (χ1v) is 3.23. The number of alkyl halides is 7. The number of halogens is 7. The third-order valence-electron chi connectivity index (χ3n) is 0.951. The van der Waals surface area contributed by atoms with Crippen molar-refractivity contribution in [3.8, 4) is 0 Å². The van der Waals surface area contributed by atoms with Gasteiger partial charge in [0.1, 0.15) is 0 Å². The van der Waals surface area contributed by atoms with Crippen LogP contribution in [0.5, 0.6) is 0 Å². The van der Waals surface area contributed by atoms with Crippen LogP contribution in [-0.2, 0) is 4.79 Å². The van der Waals surface area contributed by atoms with Gasteiger partial charge in [0.2, 0.25) is 6.08 Å². The predicted molar refractivity (Wildman–Crippen MR) is 33.6 cm³/mol. The van der Waals surface area contributed by atoms with Crippen LogP contribution in [0.15, 0.2) is 4.99 Å². The molecule has 0 aliphatic heterocycles. The van der Waals surface area contributed by atoms with E-state index in [2.05, 4.69) is 23.2 Å². The first-order valence-electron chi connectivity index (χ1n) is 2.47. The summed E-state index contributed by atoms with van der Waals surface area (Å²) in [6, 6.07) is 0. The van der Waals surface area contributed by atoms with Crippen molar-refractivity contribution in [3.63, 3.8) is 0 Å². The van der Waals surface area contributed by atoms with E-state index < -0.39 is 16.6 Å². The van der Waals surface area contributed by atoms with Crippen molar-refractivity contribution in [2.24, 2.45) is 4.99 Å². The molecular weight excluding hydrogens is 244 g/mol. The molecule has 0 fully saturated rings. The van der Waals surface area contributed by atoms with E-state index in [-0.39, 0.29) is 6.08 Å². The van der Waals surface area contributed by atoms with Gasteiger partial charge in [-0.15, -0.1) is 0 Å². The van der Waals surface area contributed by atoms with E-state index in [0.29, 0.717) is 0 Å². The molecule has 13 heavy (non-hydrogen) atoms. The Kier molecular flexibility index (Phi) is 3.30. The quantitative estimate of drug-likeness (QED) is 0.241. The van der Waals surface area contributed by atoms with Gasteiger partial charge in [0.25, 0.3) is 0 Å². The van der Waals surface area contributed by atoms with Crippen LogP contribution < -0.4 is 0 Å². The van der Waals surface area contributed by atoms with Crippen molar-refractivity contribution in [2.75, 3.05) is 0 Å². The number of carbonyl (C=O) groups excluding carboxylic acids is 1. The van der Waals surface area contributed by atoms with Gasteiger partial charge in [0, 0.05) is 0 Å². The average molecular weight is 244 g/mol. The molecule has 0 bridgehead atoms. The summed E-state index contributed by atoms with van der Waals surface area (Å²) in [5.41, 5.74) is 0. The molecule has 0 aromatic heterocycles. The van der Waals surface area contributed by atoms with Crippen molar-refractivity contribution in [2.45, 2.75) is 16.6 Å². The van der Waals surface area contributed by atoms with Gasteiger partial charge in [0.15, 0.2) is 0 Å². The molecule has 0 saturated carbocycles. The number of nitrogens with zero attached hydrogens (tertiary/aromatic N) is 1. The fraction of sp³-hybridized carbons (Fsp3) is 0.750. The molecular formula is C4Cl2F5NO. The zero-order valence-electron chi connectivity index (χ0n) is 5.50. The van der Waals surface area contributed by atoms with Crippen molar-refractivity contribution < 1.29 is 26.7 Å². The Morgan fingerprint density at radius 3 is 1.54 bits per heavy atom. The third-order valence-corrected chi connectivity index (χ3v) is 1.86. The Morgan fingerprint density at radius 1 is 1.08 bits per heavy atom. The molecule has 76 valence electrons. The first kappa shape index (κ1) is 12.6. The van der Waals surface area contributed by atoms with E-state index >= 15 is 0 Å². The van der Waals surface area contributed by atoms with Gasteiger partial charge in [-0.2, -0.15) is 26.9 Å². The van der Waals surface area contributed by atoms with Crippen LogP contribution >= 0.6 is 23.2 Å². The lowest BCUT2D eigenvalue weighted by molar-refractivity contribution is -0.199. The summed E-state index contributed by atoms with van der Waals surface area (Å²) >= 11 is 8.40. The van der Waals surface area contributed by atoms with Crippen LogP contribution in [0.25, 0.3) is 0 Å². The van der Waals surface area contributed by atoms with Crippen molar-refractivity contribution in [1.29, 1.82) is 0 Å². The van der Waals surface area contributed by atoms with Crippen LogP contribution in [0.2, 0.25) is 0 Å². The topological polar surface area (TPSA) is 29.4 Å². The molecule has 0 heterocycles. The van der Waals surface area contributed by atoms with Crippen LogP contribution in [0.1, 0.15) is 0 Å². The number of hydrogen-bond acceptors (Lipinski definition) is 2. The highest BCUT2D eigenvalue weighted by molar-refractivity contribution is 6.33. The lowest BCUT2D eigenvalue weighted by Crippen LogP contribution is -2.49. The van der Waals surface area contributed by atoms with Gasteiger partial charge in [-0.1, -0.05) is 11.6 Å². The molecule has 9 heteroatoms. The maximum absolute atomic E-state index is 12.1. The highest BCUT2D eigenvalue weighted by Crippen LogP contribution is 2.49. The number of hydrogen-bond donors (Lipinski definition) is 0. The van der Waals surface area contributed by atoms with Gasteiger partial charge in [-0.05, 0) is 11.6 Å². The SMILES string of the molecule is O=C=NC(Cl)(C(F)(F)F)C(F)(F)Cl. The number of isocyanates is 1. The Bertz CT molecular complexity index is 226. The Balaban J connectivity index is 5.33. The molecule has 0 spiro atoms. The van der Waals surface area contributed by atoms with E-state index in [9.17, 15) is 26.7 Å². The molecule has 1 unspecified atom stereocenters. The highest BCUT2D eigenvalue weighted by Gasteiger charge is 2.69. The standard InChI is InChI=1S/C4Cl2F5NO/c5-2(12-1-13,3(6,7)8)4(9,10)11. The minimum absolute atomic E-state index is 0.280. The highest BCUT2D eigenvalue weighted by atomic mass is 35.5. The number of rotatable bonds is 2. The summed E-state index contributed by atoms with van der Waals surface area (Å²) in [6.07, 6.45) is -5.38. The summed E-state index contributed by atoms with van der Waals surface area (Å²) in [7, 11) is 0. The third kappa shape index (κ3) is 2.30. The molecule has 0 aliphatic carbocycles. The van der Waals surface area contributed by atoms with E-state index in [0.717, 1.165) is 0 Å². The van der Waals surface area contributed by atoms with E-state index in [1.54, 1.807) is 4.99 Å². The predicted octanol–water partition coefficient (Wildman–Crippen LogP) is 2.65. The second kappa shape index (κ2) is 3.40. The molecule has 2 nitrogen and oxygen atoms in total. The first-order chi connectivity index (χ1) is 5.56. The van der Waals surface area contributed by atoms with Crippen LogP contribution in [0, 0.1) is 0 Å². The summed E-state index contributed by atoms with van der Waals surface area (Å²) in [5.74, 6) is 0. The molecule has 0 N–H and O–H groups in total. The lowest BCUT2D eigenvalue weighted by Gasteiger charge is -2.27. The summed E-state index contributed by atoms with van der Waals surface area (Å²) < 4.78 is 59.6. The maximum Gasteiger partial charge on any atom is 0.436 e. The van der Waals surface area contributed by atoms with Gasteiger partial charge < -0.3 is 0 Å². The lowest BCUT2D eigenvalue weighted by atomic mass is 10.3. The van der Waals surface area contributed by atoms with E-state index in [4.69, 9.17) is 0 Å². The van der Waals surface area contributed by atoms with Crippen molar-refractivity contribution in [1.82, 2.24) is 0 Å². The van der Waals surface area contributed by atoms with Gasteiger partial charge in [-0.3, -0.25) is 0 Å².